The van der Waals surface area contributed by atoms with Gasteiger partial charge in [-0.25, -0.2) is 16.8 Å². The minimum atomic E-state index is -3.89. The van der Waals surface area contributed by atoms with E-state index in [2.05, 4.69) is 15.9 Å². The summed E-state index contributed by atoms with van der Waals surface area (Å²) in [4.78, 5) is 9.40. The molecule has 0 spiro atoms. The van der Waals surface area contributed by atoms with Crippen LogP contribution < -0.4 is 0 Å². The highest BCUT2D eigenvalue weighted by molar-refractivity contribution is 9.10. The van der Waals surface area contributed by atoms with E-state index in [0.29, 0.717) is 0 Å². The second-order valence-corrected chi connectivity index (χ2v) is 10.1. The monoisotopic (exact) mass is 475 g/mol. The van der Waals surface area contributed by atoms with Gasteiger partial charge in [-0.05, 0) is 30.3 Å². The molecule has 0 heterocycles. The summed E-state index contributed by atoms with van der Waals surface area (Å²) < 4.78 is 43.7. The van der Waals surface area contributed by atoms with Gasteiger partial charge in [-0.15, -0.1) is 0 Å². The van der Waals surface area contributed by atoms with Crippen LogP contribution in [0.4, 0.5) is 5.69 Å². The van der Waals surface area contributed by atoms with Gasteiger partial charge in [0.1, 0.15) is 0 Å². The molecule has 0 saturated carbocycles. The Morgan fingerprint density at radius 1 is 0.875 bits per heavy atom. The van der Waals surface area contributed by atoms with Crippen LogP contribution in [0.25, 0.3) is 0 Å². The summed E-state index contributed by atoms with van der Waals surface area (Å²) in [6, 6.07) is 10.7. The zero-order chi connectivity index (χ0) is 18.5. The molecule has 2 rings (SSSR count). The van der Waals surface area contributed by atoms with E-state index < -0.39 is 23.0 Å². The Hall–Kier alpha value is -1.20. The van der Waals surface area contributed by atoms with Crippen LogP contribution in [0.1, 0.15) is 0 Å². The summed E-state index contributed by atoms with van der Waals surface area (Å²) in [7, 11) is 2.59. The first kappa shape index (κ1) is 20.8. The van der Waals surface area contributed by atoms with Gasteiger partial charge in [-0.2, -0.15) is 0 Å². The quantitative estimate of drug-likeness (QED) is 0.377. The van der Waals surface area contributed by atoms with Crippen molar-refractivity contribution in [1.29, 1.82) is 0 Å². The van der Waals surface area contributed by atoms with Crippen LogP contribution >= 0.6 is 37.3 Å². The number of nitro groups is 1. The molecule has 0 radical (unpaired) electrons. The molecule has 0 atom stereocenters. The number of benzene rings is 2. The fourth-order valence-electron chi connectivity index (χ4n) is 1.35. The number of non-ortho nitro benzene ring substituents is 1. The Morgan fingerprint density at radius 2 is 1.38 bits per heavy atom. The molecule has 0 aromatic heterocycles. The lowest BCUT2D eigenvalue weighted by Gasteiger charge is -1.94. The molecule has 0 saturated heterocycles. The summed E-state index contributed by atoms with van der Waals surface area (Å²) >= 11 is 3.17. The first-order valence-corrected chi connectivity index (χ1v) is 11.2. The lowest BCUT2D eigenvalue weighted by Crippen LogP contribution is -1.93. The van der Waals surface area contributed by atoms with Crippen LogP contribution in [-0.2, 0) is 18.1 Å². The van der Waals surface area contributed by atoms with Gasteiger partial charge in [-0.3, -0.25) is 10.1 Å². The number of hydrogen-bond donors (Lipinski definition) is 0. The fourth-order valence-corrected chi connectivity index (χ4v) is 3.17. The highest BCUT2D eigenvalue weighted by Crippen LogP contribution is 2.20. The van der Waals surface area contributed by atoms with Crippen molar-refractivity contribution in [3.05, 3.63) is 63.1 Å². The predicted molar refractivity (Wildman–Crippen MR) is 93.3 cm³/mol. The third-order valence-corrected chi connectivity index (χ3v) is 5.66. The van der Waals surface area contributed by atoms with E-state index >= 15 is 0 Å². The van der Waals surface area contributed by atoms with Crippen molar-refractivity contribution in [2.75, 3.05) is 0 Å². The molecule has 130 valence electrons. The smallest absolute Gasteiger partial charge is 0.258 e. The molecule has 0 aliphatic rings. The van der Waals surface area contributed by atoms with Crippen molar-refractivity contribution in [2.24, 2.45) is 0 Å². The molecule has 0 aliphatic carbocycles. The highest BCUT2D eigenvalue weighted by atomic mass is 79.9. The molecule has 12 heteroatoms. The van der Waals surface area contributed by atoms with Gasteiger partial charge in [0, 0.05) is 38.0 Å². The molecule has 2 aromatic rings. The Morgan fingerprint density at radius 3 is 1.79 bits per heavy atom. The van der Waals surface area contributed by atoms with Crippen molar-refractivity contribution in [3.8, 4) is 0 Å². The second-order valence-electron chi connectivity index (χ2n) is 4.08. The maximum Gasteiger partial charge on any atom is 0.270 e. The van der Waals surface area contributed by atoms with E-state index in [1.807, 2.05) is 0 Å². The van der Waals surface area contributed by atoms with Crippen LogP contribution in [0.15, 0.2) is 62.8 Å². The SMILES string of the molecule is O=S(=O)(Cl)c1ccc(Br)cc1.O=[N+]([O-])c1cccc(S(=O)(=O)Cl)c1. The Bertz CT molecular complexity index is 946. The lowest BCUT2D eigenvalue weighted by molar-refractivity contribution is -0.385. The zero-order valence-corrected chi connectivity index (χ0v) is 16.2. The zero-order valence-electron chi connectivity index (χ0n) is 11.5. The van der Waals surface area contributed by atoms with E-state index in [1.165, 1.54) is 30.3 Å². The standard InChI is InChI=1S/C6H4BrClO2S.C6H4ClNO4S/c7-5-1-3-6(4-2-5)11(8,9)10;7-13(11,12)6-3-1-2-5(4-6)8(9)10/h1-4H;1-4H. The van der Waals surface area contributed by atoms with Gasteiger partial charge in [0.05, 0.1) is 14.7 Å². The average Bonchev–Trinajstić information content (AvgIpc) is 2.46. The normalized spacial score (nSPS) is 11.3. The van der Waals surface area contributed by atoms with Gasteiger partial charge < -0.3 is 0 Å². The highest BCUT2D eigenvalue weighted by Gasteiger charge is 2.14. The molecular formula is C12H8BrCl2NO6S2. The second kappa shape index (κ2) is 8.26. The van der Waals surface area contributed by atoms with Crippen LogP contribution in [0.2, 0.25) is 0 Å². The van der Waals surface area contributed by atoms with Crippen molar-refractivity contribution in [2.45, 2.75) is 9.79 Å². The number of hydrogen-bond acceptors (Lipinski definition) is 6. The van der Waals surface area contributed by atoms with Crippen molar-refractivity contribution in [3.63, 3.8) is 0 Å². The molecule has 0 bridgehead atoms. The summed E-state index contributed by atoms with van der Waals surface area (Å²) in [5.41, 5.74) is -0.304. The number of halogens is 3. The average molecular weight is 477 g/mol. The molecular weight excluding hydrogens is 469 g/mol. The maximum atomic E-state index is 10.8. The molecule has 0 fully saturated rings. The third kappa shape index (κ3) is 6.73. The Labute approximate surface area is 155 Å². The van der Waals surface area contributed by atoms with Crippen LogP contribution in [0.3, 0.4) is 0 Å². The minimum absolute atomic E-state index is 0.113. The topological polar surface area (TPSA) is 111 Å². The summed E-state index contributed by atoms with van der Waals surface area (Å²) in [6.07, 6.45) is 0. The van der Waals surface area contributed by atoms with Gasteiger partial charge >= 0.3 is 0 Å². The first-order valence-electron chi connectivity index (χ1n) is 5.80. The summed E-state index contributed by atoms with van der Waals surface area (Å²) in [5.74, 6) is 0. The molecule has 24 heavy (non-hydrogen) atoms. The minimum Gasteiger partial charge on any atom is -0.258 e. The van der Waals surface area contributed by atoms with Crippen molar-refractivity contribution in [1.82, 2.24) is 0 Å². The van der Waals surface area contributed by atoms with E-state index in [-0.39, 0.29) is 15.5 Å². The molecule has 2 aromatic carbocycles. The summed E-state index contributed by atoms with van der Waals surface area (Å²) in [5, 5.41) is 10.2. The molecule has 0 N–H and O–H groups in total. The summed E-state index contributed by atoms with van der Waals surface area (Å²) in [6.45, 7) is 0. The molecule has 0 amide bonds. The van der Waals surface area contributed by atoms with Gasteiger partial charge in [-0.1, -0.05) is 22.0 Å². The van der Waals surface area contributed by atoms with E-state index in [9.17, 15) is 26.9 Å². The van der Waals surface area contributed by atoms with E-state index in [4.69, 9.17) is 21.4 Å². The number of rotatable bonds is 3. The van der Waals surface area contributed by atoms with Crippen molar-refractivity contribution >= 4 is 61.1 Å². The lowest BCUT2D eigenvalue weighted by atomic mass is 10.3. The van der Waals surface area contributed by atoms with E-state index in [1.54, 1.807) is 12.1 Å². The van der Waals surface area contributed by atoms with E-state index in [0.717, 1.165) is 10.5 Å². The van der Waals surface area contributed by atoms with Gasteiger partial charge in [0.2, 0.25) is 0 Å². The van der Waals surface area contributed by atoms with Gasteiger partial charge in [0.25, 0.3) is 23.8 Å². The van der Waals surface area contributed by atoms with Crippen LogP contribution in [-0.4, -0.2) is 21.8 Å². The number of nitrogens with zero attached hydrogens (tertiary/aromatic N) is 1. The van der Waals surface area contributed by atoms with Gasteiger partial charge in [0.15, 0.2) is 0 Å². The molecule has 7 nitrogen and oxygen atoms in total. The first-order chi connectivity index (χ1) is 10.9. The predicted octanol–water partition coefficient (Wildman–Crippen LogP) is 3.90. The fraction of sp³-hybridized carbons (Fsp3) is 0. The van der Waals surface area contributed by atoms with Crippen LogP contribution in [0, 0.1) is 10.1 Å². The third-order valence-electron chi connectivity index (χ3n) is 2.41. The Balaban J connectivity index is 0.000000243. The molecule has 0 unspecified atom stereocenters. The maximum absolute atomic E-state index is 10.8. The number of nitro benzene ring substituents is 1. The van der Waals surface area contributed by atoms with Crippen LogP contribution in [0.5, 0.6) is 0 Å². The largest absolute Gasteiger partial charge is 0.270 e. The van der Waals surface area contributed by atoms with Crippen molar-refractivity contribution < 1.29 is 21.8 Å². The Kier molecular flexibility index (Phi) is 7.17. The molecule has 0 aliphatic heterocycles.